The second kappa shape index (κ2) is 9.15. The molecule has 0 saturated carbocycles. The SMILES string of the molecule is CC(=O)O[C@@H]1[C@@H](CN=[N+]=[N-])OC(OCc2ccccc2)C(N=[N+]=[N-])C1(F)F. The third-order valence-electron chi connectivity index (χ3n) is 3.73. The lowest BCUT2D eigenvalue weighted by Gasteiger charge is -2.43. The van der Waals surface area contributed by atoms with Gasteiger partial charge < -0.3 is 14.2 Å². The van der Waals surface area contributed by atoms with Crippen molar-refractivity contribution in [3.8, 4) is 0 Å². The molecule has 0 amide bonds. The molecule has 0 spiro atoms. The summed E-state index contributed by atoms with van der Waals surface area (Å²) in [7, 11) is 0. The molecule has 0 radical (unpaired) electrons. The number of azide groups is 2. The van der Waals surface area contributed by atoms with E-state index in [0.29, 0.717) is 5.56 Å². The standard InChI is InChI=1S/C15H16F2N6O4/c1-9(24)26-13-11(7-20-22-18)27-14(12(21-23-19)15(13,16)17)25-8-10-5-3-2-4-6-10/h2-6,11-14H,7-8H2,1H3/t11-,12?,13-,14?/m1/s1. The van der Waals surface area contributed by atoms with Crippen molar-refractivity contribution in [1.29, 1.82) is 0 Å². The summed E-state index contributed by atoms with van der Waals surface area (Å²) in [5, 5.41) is 6.30. The molecule has 10 nitrogen and oxygen atoms in total. The number of ether oxygens (including phenoxy) is 3. The van der Waals surface area contributed by atoms with E-state index >= 15 is 0 Å². The summed E-state index contributed by atoms with van der Waals surface area (Å²) < 4.78 is 45.3. The highest BCUT2D eigenvalue weighted by atomic mass is 19.3. The summed E-state index contributed by atoms with van der Waals surface area (Å²) in [5.74, 6) is -4.80. The topological polar surface area (TPSA) is 142 Å². The number of alkyl halides is 2. The molecular weight excluding hydrogens is 366 g/mol. The zero-order chi connectivity index (χ0) is 19.9. The van der Waals surface area contributed by atoms with Crippen molar-refractivity contribution in [3.63, 3.8) is 0 Å². The van der Waals surface area contributed by atoms with E-state index in [1.807, 2.05) is 0 Å². The Balaban J connectivity index is 2.29. The van der Waals surface area contributed by atoms with Gasteiger partial charge in [0.05, 0.1) is 13.2 Å². The van der Waals surface area contributed by atoms with E-state index in [2.05, 4.69) is 24.8 Å². The molecule has 12 heteroatoms. The summed E-state index contributed by atoms with van der Waals surface area (Å²) >= 11 is 0. The van der Waals surface area contributed by atoms with Crippen molar-refractivity contribution < 1.29 is 27.8 Å². The van der Waals surface area contributed by atoms with Crippen molar-refractivity contribution in [2.24, 2.45) is 10.2 Å². The summed E-state index contributed by atoms with van der Waals surface area (Å²) in [6.45, 7) is 0.324. The fourth-order valence-electron chi connectivity index (χ4n) is 2.57. The molecule has 0 aliphatic carbocycles. The Labute approximate surface area is 152 Å². The van der Waals surface area contributed by atoms with E-state index in [9.17, 15) is 13.6 Å². The highest BCUT2D eigenvalue weighted by Crippen LogP contribution is 2.39. The van der Waals surface area contributed by atoms with Gasteiger partial charge in [0.25, 0.3) is 5.92 Å². The maximum Gasteiger partial charge on any atom is 0.303 e. The van der Waals surface area contributed by atoms with Gasteiger partial charge in [-0.25, -0.2) is 8.78 Å². The lowest BCUT2D eigenvalue weighted by Crippen LogP contribution is -2.63. The third kappa shape index (κ3) is 5.05. The van der Waals surface area contributed by atoms with E-state index < -0.39 is 43.0 Å². The van der Waals surface area contributed by atoms with Crippen LogP contribution in [0.25, 0.3) is 20.9 Å². The zero-order valence-corrected chi connectivity index (χ0v) is 14.2. The van der Waals surface area contributed by atoms with Gasteiger partial charge in [-0.3, -0.25) is 4.79 Å². The molecule has 2 rings (SSSR count). The zero-order valence-electron chi connectivity index (χ0n) is 14.2. The van der Waals surface area contributed by atoms with Crippen LogP contribution in [0.5, 0.6) is 0 Å². The monoisotopic (exact) mass is 382 g/mol. The van der Waals surface area contributed by atoms with Gasteiger partial charge in [0, 0.05) is 16.7 Å². The van der Waals surface area contributed by atoms with E-state index in [4.69, 9.17) is 20.5 Å². The molecule has 144 valence electrons. The first-order valence-corrected chi connectivity index (χ1v) is 7.81. The Hall–Kier alpha value is -2.91. The molecule has 0 bridgehead atoms. The Morgan fingerprint density at radius 1 is 1.30 bits per heavy atom. The number of rotatable bonds is 7. The van der Waals surface area contributed by atoms with E-state index in [1.54, 1.807) is 30.3 Å². The quantitative estimate of drug-likeness (QED) is 0.308. The minimum Gasteiger partial charge on any atom is -0.453 e. The largest absolute Gasteiger partial charge is 0.453 e. The number of nitrogens with zero attached hydrogens (tertiary/aromatic N) is 6. The van der Waals surface area contributed by atoms with Crippen LogP contribution in [0, 0.1) is 0 Å². The number of hydrogen-bond acceptors (Lipinski definition) is 6. The van der Waals surface area contributed by atoms with E-state index in [0.717, 1.165) is 6.92 Å². The Morgan fingerprint density at radius 3 is 2.59 bits per heavy atom. The maximum absolute atomic E-state index is 14.9. The molecule has 0 N–H and O–H groups in total. The number of esters is 1. The van der Waals surface area contributed by atoms with Gasteiger partial charge in [-0.2, -0.15) is 0 Å². The first-order chi connectivity index (χ1) is 12.9. The number of benzene rings is 1. The molecule has 27 heavy (non-hydrogen) atoms. The molecule has 2 unspecified atom stereocenters. The fourth-order valence-corrected chi connectivity index (χ4v) is 2.57. The van der Waals surface area contributed by atoms with Crippen LogP contribution in [0.2, 0.25) is 0 Å². The van der Waals surface area contributed by atoms with E-state index in [1.165, 1.54) is 0 Å². The van der Waals surface area contributed by atoms with Crippen LogP contribution in [-0.4, -0.2) is 43.0 Å². The minimum absolute atomic E-state index is 0.0918. The van der Waals surface area contributed by atoms with Crippen molar-refractivity contribution >= 4 is 5.97 Å². The Bertz CT molecular complexity index is 752. The number of halogens is 2. The van der Waals surface area contributed by atoms with Crippen molar-refractivity contribution in [1.82, 2.24) is 0 Å². The third-order valence-corrected chi connectivity index (χ3v) is 3.73. The molecule has 1 aliphatic rings. The molecular formula is C15H16F2N6O4. The Kier molecular flexibility index (Phi) is 6.91. The number of carbonyl (C=O) groups excluding carboxylic acids is 1. The molecule has 1 saturated heterocycles. The smallest absolute Gasteiger partial charge is 0.303 e. The first-order valence-electron chi connectivity index (χ1n) is 7.81. The van der Waals surface area contributed by atoms with Gasteiger partial charge in [0.1, 0.15) is 6.10 Å². The second-order valence-corrected chi connectivity index (χ2v) is 5.61. The molecule has 4 atom stereocenters. The summed E-state index contributed by atoms with van der Waals surface area (Å²) in [6, 6.07) is 6.59. The summed E-state index contributed by atoms with van der Waals surface area (Å²) in [5.41, 5.74) is 17.8. The van der Waals surface area contributed by atoms with Crippen molar-refractivity contribution in [2.45, 2.75) is 44.0 Å². The van der Waals surface area contributed by atoms with Gasteiger partial charge in [-0.1, -0.05) is 40.6 Å². The van der Waals surface area contributed by atoms with Crippen LogP contribution < -0.4 is 0 Å². The molecule has 1 heterocycles. The van der Waals surface area contributed by atoms with Crippen LogP contribution in [-0.2, 0) is 25.6 Å². The normalized spacial score (nSPS) is 26.3. The summed E-state index contributed by atoms with van der Waals surface area (Å²) in [4.78, 5) is 16.2. The predicted octanol–water partition coefficient (Wildman–Crippen LogP) is 3.48. The van der Waals surface area contributed by atoms with Crippen LogP contribution in [0.4, 0.5) is 8.78 Å². The van der Waals surface area contributed by atoms with Crippen LogP contribution in [0.15, 0.2) is 40.6 Å². The molecule has 1 aromatic rings. The number of carbonyl (C=O) groups is 1. The predicted molar refractivity (Wildman–Crippen MR) is 87.3 cm³/mol. The van der Waals surface area contributed by atoms with Crippen LogP contribution >= 0.6 is 0 Å². The molecule has 1 aromatic carbocycles. The van der Waals surface area contributed by atoms with Gasteiger partial charge >= 0.3 is 5.97 Å². The number of hydrogen-bond donors (Lipinski definition) is 0. The van der Waals surface area contributed by atoms with Gasteiger partial charge in [-0.05, 0) is 16.6 Å². The van der Waals surface area contributed by atoms with Gasteiger partial charge in [-0.15, -0.1) is 0 Å². The second-order valence-electron chi connectivity index (χ2n) is 5.61. The highest BCUT2D eigenvalue weighted by molar-refractivity contribution is 5.66. The van der Waals surface area contributed by atoms with Gasteiger partial charge in [0.15, 0.2) is 18.4 Å². The lowest BCUT2D eigenvalue weighted by molar-refractivity contribution is -0.306. The lowest BCUT2D eigenvalue weighted by atomic mass is 9.95. The minimum atomic E-state index is -3.81. The highest BCUT2D eigenvalue weighted by Gasteiger charge is 2.60. The first kappa shape index (κ1) is 20.4. The molecule has 1 fully saturated rings. The fraction of sp³-hybridized carbons (Fsp3) is 0.533. The molecule has 0 aromatic heterocycles. The van der Waals surface area contributed by atoms with E-state index in [-0.39, 0.29) is 6.61 Å². The maximum atomic E-state index is 14.9. The van der Waals surface area contributed by atoms with Crippen LogP contribution in [0.1, 0.15) is 12.5 Å². The van der Waals surface area contributed by atoms with Crippen molar-refractivity contribution in [3.05, 3.63) is 56.8 Å². The van der Waals surface area contributed by atoms with Gasteiger partial charge in [0.2, 0.25) is 0 Å². The Morgan fingerprint density at radius 2 is 2.00 bits per heavy atom. The van der Waals surface area contributed by atoms with Crippen LogP contribution in [0.3, 0.4) is 0 Å². The average Bonchev–Trinajstić information content (AvgIpc) is 2.64. The van der Waals surface area contributed by atoms with Crippen molar-refractivity contribution in [2.75, 3.05) is 6.54 Å². The average molecular weight is 382 g/mol. The molecule has 1 aliphatic heterocycles. The summed E-state index contributed by atoms with van der Waals surface area (Å²) in [6.07, 6.45) is -5.22.